The number of ether oxygens (including phenoxy) is 2. The summed E-state index contributed by atoms with van der Waals surface area (Å²) in [5.41, 5.74) is 1.16. The van der Waals surface area contributed by atoms with Crippen molar-refractivity contribution in [2.24, 2.45) is 0 Å². The first-order valence-corrected chi connectivity index (χ1v) is 10.1. The predicted molar refractivity (Wildman–Crippen MR) is 97.2 cm³/mol. The van der Waals surface area contributed by atoms with Gasteiger partial charge in [-0.25, -0.2) is 8.42 Å². The van der Waals surface area contributed by atoms with Crippen molar-refractivity contribution in [3.05, 3.63) is 59.5 Å². The maximum absolute atomic E-state index is 12.3. The van der Waals surface area contributed by atoms with Crippen LogP contribution in [0.25, 0.3) is 0 Å². The molecule has 28 heavy (non-hydrogen) atoms. The van der Waals surface area contributed by atoms with E-state index in [4.69, 9.17) is 13.9 Å². The van der Waals surface area contributed by atoms with Crippen molar-refractivity contribution in [2.75, 3.05) is 18.4 Å². The number of amides is 1. The molecule has 1 aromatic heterocycles. The molecule has 1 aliphatic heterocycles. The minimum atomic E-state index is -3.25. The molecule has 1 N–H and O–H groups in total. The van der Waals surface area contributed by atoms with Gasteiger partial charge in [-0.2, -0.15) is 0 Å². The van der Waals surface area contributed by atoms with Gasteiger partial charge in [0.25, 0.3) is 5.91 Å². The molecular weight excluding hydrogens is 386 g/mol. The Morgan fingerprint density at radius 2 is 1.82 bits per heavy atom. The second kappa shape index (κ2) is 6.97. The Labute approximate surface area is 160 Å². The maximum Gasteiger partial charge on any atom is 0.322 e. The maximum atomic E-state index is 12.3. The van der Waals surface area contributed by atoms with Gasteiger partial charge in [-0.1, -0.05) is 17.2 Å². The lowest BCUT2D eigenvalue weighted by molar-refractivity contribution is 0.102. The topological polar surface area (TPSA) is 121 Å². The minimum Gasteiger partial charge on any atom is -0.454 e. The van der Waals surface area contributed by atoms with E-state index in [0.29, 0.717) is 23.5 Å². The van der Waals surface area contributed by atoms with Gasteiger partial charge in [0.2, 0.25) is 12.7 Å². The highest BCUT2D eigenvalue weighted by Crippen LogP contribution is 2.32. The van der Waals surface area contributed by atoms with Gasteiger partial charge in [0.05, 0.1) is 11.3 Å². The first kappa shape index (κ1) is 18.0. The van der Waals surface area contributed by atoms with E-state index in [0.717, 1.165) is 11.8 Å². The predicted octanol–water partition coefficient (Wildman–Crippen LogP) is 2.04. The first-order chi connectivity index (χ1) is 13.4. The van der Waals surface area contributed by atoms with E-state index in [2.05, 4.69) is 15.5 Å². The molecule has 144 valence electrons. The third kappa shape index (κ3) is 3.81. The SMILES string of the molecule is CS(=O)(=O)c1ccc(Cc2nnc(NC(=O)c3ccc4c(c3)OCO4)o2)cc1. The Kier molecular flexibility index (Phi) is 4.47. The summed E-state index contributed by atoms with van der Waals surface area (Å²) >= 11 is 0. The summed E-state index contributed by atoms with van der Waals surface area (Å²) in [4.78, 5) is 12.6. The van der Waals surface area contributed by atoms with Crippen LogP contribution in [0.1, 0.15) is 21.8 Å². The summed E-state index contributed by atoms with van der Waals surface area (Å²) in [5.74, 6) is 0.939. The lowest BCUT2D eigenvalue weighted by Gasteiger charge is -2.02. The van der Waals surface area contributed by atoms with Gasteiger partial charge in [0.1, 0.15) is 0 Å². The van der Waals surface area contributed by atoms with E-state index in [-0.39, 0.29) is 23.6 Å². The van der Waals surface area contributed by atoms with Gasteiger partial charge in [0, 0.05) is 11.8 Å². The van der Waals surface area contributed by atoms with Gasteiger partial charge in [-0.15, -0.1) is 5.10 Å². The molecule has 0 aliphatic carbocycles. The number of rotatable bonds is 5. The van der Waals surface area contributed by atoms with E-state index >= 15 is 0 Å². The number of aromatic nitrogens is 2. The molecule has 0 unspecified atom stereocenters. The van der Waals surface area contributed by atoms with Crippen LogP contribution in [0.5, 0.6) is 11.5 Å². The third-order valence-corrected chi connectivity index (χ3v) is 5.16. The molecule has 4 rings (SSSR count). The number of sulfone groups is 1. The number of hydrogen-bond acceptors (Lipinski definition) is 8. The Balaban J connectivity index is 1.42. The summed E-state index contributed by atoms with van der Waals surface area (Å²) in [6, 6.07) is 11.2. The molecule has 0 saturated heterocycles. The highest BCUT2D eigenvalue weighted by Gasteiger charge is 2.18. The van der Waals surface area contributed by atoms with Gasteiger partial charge in [-0.3, -0.25) is 10.1 Å². The van der Waals surface area contributed by atoms with E-state index in [1.807, 2.05) is 0 Å². The monoisotopic (exact) mass is 401 g/mol. The average Bonchev–Trinajstić information content (AvgIpc) is 3.30. The fourth-order valence-corrected chi connectivity index (χ4v) is 3.24. The third-order valence-electron chi connectivity index (χ3n) is 4.03. The zero-order valence-electron chi connectivity index (χ0n) is 14.7. The van der Waals surface area contributed by atoms with Crippen molar-refractivity contribution in [2.45, 2.75) is 11.3 Å². The van der Waals surface area contributed by atoms with E-state index in [9.17, 15) is 13.2 Å². The quantitative estimate of drug-likeness (QED) is 0.689. The van der Waals surface area contributed by atoms with E-state index < -0.39 is 15.7 Å². The molecule has 2 aromatic carbocycles. The largest absolute Gasteiger partial charge is 0.454 e. The smallest absolute Gasteiger partial charge is 0.322 e. The number of hydrogen-bond donors (Lipinski definition) is 1. The number of anilines is 1. The van der Waals surface area contributed by atoms with E-state index in [1.54, 1.807) is 30.3 Å². The summed E-state index contributed by atoms with van der Waals surface area (Å²) < 4.78 is 38.9. The minimum absolute atomic E-state index is 0.0366. The average molecular weight is 401 g/mol. The van der Waals surface area contributed by atoms with Crippen LogP contribution < -0.4 is 14.8 Å². The van der Waals surface area contributed by atoms with Crippen LogP contribution in [0.4, 0.5) is 6.01 Å². The molecule has 1 aliphatic rings. The summed E-state index contributed by atoms with van der Waals surface area (Å²) in [7, 11) is -3.25. The molecule has 0 radical (unpaired) electrons. The Morgan fingerprint density at radius 1 is 1.07 bits per heavy atom. The zero-order chi connectivity index (χ0) is 19.7. The molecule has 0 atom stereocenters. The lowest BCUT2D eigenvalue weighted by Crippen LogP contribution is -2.12. The van der Waals surface area contributed by atoms with Crippen molar-refractivity contribution < 1.29 is 27.1 Å². The Morgan fingerprint density at radius 3 is 2.57 bits per heavy atom. The van der Waals surface area contributed by atoms with Crippen LogP contribution in [0.15, 0.2) is 51.8 Å². The normalized spacial score (nSPS) is 12.8. The number of benzene rings is 2. The van der Waals surface area contributed by atoms with Crippen molar-refractivity contribution >= 4 is 21.8 Å². The van der Waals surface area contributed by atoms with Crippen LogP contribution in [0.3, 0.4) is 0 Å². The Bertz CT molecular complexity index is 1140. The van der Waals surface area contributed by atoms with Crippen molar-refractivity contribution in [3.8, 4) is 11.5 Å². The number of nitrogens with zero attached hydrogens (tertiary/aromatic N) is 2. The molecule has 10 heteroatoms. The molecule has 9 nitrogen and oxygen atoms in total. The molecular formula is C18H15N3O6S. The molecule has 2 heterocycles. The number of nitrogens with one attached hydrogen (secondary N) is 1. The van der Waals surface area contributed by atoms with Gasteiger partial charge in [0.15, 0.2) is 21.3 Å². The lowest BCUT2D eigenvalue weighted by atomic mass is 10.1. The molecule has 0 fully saturated rings. The molecule has 1 amide bonds. The summed E-state index contributed by atoms with van der Waals surface area (Å²) in [5, 5.41) is 10.2. The van der Waals surface area contributed by atoms with Crippen molar-refractivity contribution in [1.82, 2.24) is 10.2 Å². The first-order valence-electron chi connectivity index (χ1n) is 8.21. The van der Waals surface area contributed by atoms with Gasteiger partial charge in [-0.05, 0) is 35.9 Å². The molecule has 0 spiro atoms. The van der Waals surface area contributed by atoms with Crippen LogP contribution in [-0.4, -0.2) is 37.6 Å². The summed E-state index contributed by atoms with van der Waals surface area (Å²) in [6.45, 7) is 0.124. The zero-order valence-corrected chi connectivity index (χ0v) is 15.5. The van der Waals surface area contributed by atoms with Crippen LogP contribution >= 0.6 is 0 Å². The number of fused-ring (bicyclic) bond motifs is 1. The standard InChI is InChI=1S/C18H15N3O6S/c1-28(23,24)13-5-2-11(3-6-13)8-16-20-21-18(27-16)19-17(22)12-4-7-14-15(9-12)26-10-25-14/h2-7,9H,8,10H2,1H3,(H,19,21,22). The highest BCUT2D eigenvalue weighted by atomic mass is 32.2. The van der Waals surface area contributed by atoms with Gasteiger partial charge >= 0.3 is 6.01 Å². The fourth-order valence-electron chi connectivity index (χ4n) is 2.61. The molecule has 0 bridgehead atoms. The summed E-state index contributed by atoms with van der Waals surface area (Å²) in [6.07, 6.45) is 1.45. The molecule has 0 saturated carbocycles. The van der Waals surface area contributed by atoms with Crippen LogP contribution in [0.2, 0.25) is 0 Å². The van der Waals surface area contributed by atoms with Gasteiger partial charge < -0.3 is 13.9 Å². The second-order valence-corrected chi connectivity index (χ2v) is 8.13. The second-order valence-electron chi connectivity index (χ2n) is 6.12. The highest BCUT2D eigenvalue weighted by molar-refractivity contribution is 7.90. The molecule has 3 aromatic rings. The fraction of sp³-hybridized carbons (Fsp3) is 0.167. The Hall–Kier alpha value is -3.40. The van der Waals surface area contributed by atoms with Crippen LogP contribution in [-0.2, 0) is 16.3 Å². The number of carbonyl (C=O) groups is 1. The van der Waals surface area contributed by atoms with Crippen LogP contribution in [0, 0.1) is 0 Å². The van der Waals surface area contributed by atoms with E-state index in [1.165, 1.54) is 12.1 Å². The van der Waals surface area contributed by atoms with Crippen molar-refractivity contribution in [1.29, 1.82) is 0 Å². The number of carbonyl (C=O) groups excluding carboxylic acids is 1. The van der Waals surface area contributed by atoms with Crippen molar-refractivity contribution in [3.63, 3.8) is 0 Å².